The maximum Gasteiger partial charge on any atom is 0.416 e. The van der Waals surface area contributed by atoms with E-state index in [1.807, 2.05) is 0 Å². The summed E-state index contributed by atoms with van der Waals surface area (Å²) in [6.45, 7) is -0.461. The minimum Gasteiger partial charge on any atom is -0.479 e. The van der Waals surface area contributed by atoms with Crippen molar-refractivity contribution in [3.63, 3.8) is 0 Å². The summed E-state index contributed by atoms with van der Waals surface area (Å²) in [5.74, 6) is -1.56. The summed E-state index contributed by atoms with van der Waals surface area (Å²) in [6, 6.07) is 5.87. The molecule has 1 amide bonds. The van der Waals surface area contributed by atoms with Crippen LogP contribution in [-0.4, -0.2) is 33.9 Å². The van der Waals surface area contributed by atoms with Gasteiger partial charge in [-0.1, -0.05) is 12.1 Å². The lowest BCUT2D eigenvalue weighted by Crippen LogP contribution is -2.26. The second kappa shape index (κ2) is 9.82. The van der Waals surface area contributed by atoms with E-state index in [0.717, 1.165) is 24.0 Å². The number of thioether (sulfide) groups is 1. The smallest absolute Gasteiger partial charge is 0.416 e. The number of aliphatic imine (C=N–C) groups is 1. The molecule has 4 N–H and O–H groups in total. The van der Waals surface area contributed by atoms with Crippen molar-refractivity contribution in [1.29, 1.82) is 5.41 Å². The number of hydrogen-bond acceptors (Lipinski definition) is 6. The molecule has 2 fully saturated rings. The molecular formula is C24H18F6N4O3S. The highest BCUT2D eigenvalue weighted by Gasteiger charge is 2.51. The van der Waals surface area contributed by atoms with E-state index in [0.29, 0.717) is 24.5 Å². The van der Waals surface area contributed by atoms with Gasteiger partial charge >= 0.3 is 18.3 Å². The largest absolute Gasteiger partial charge is 0.479 e. The van der Waals surface area contributed by atoms with Crippen LogP contribution in [0.25, 0.3) is 6.08 Å². The fourth-order valence-electron chi connectivity index (χ4n) is 3.63. The third-order valence-electron chi connectivity index (χ3n) is 5.83. The molecule has 2 aliphatic rings. The van der Waals surface area contributed by atoms with Crippen molar-refractivity contribution < 1.29 is 41.0 Å². The van der Waals surface area contributed by atoms with Crippen LogP contribution in [0.5, 0.6) is 0 Å². The van der Waals surface area contributed by atoms with Crippen molar-refractivity contribution in [3.8, 4) is 0 Å². The number of hydrogen-bond donors (Lipinski definition) is 4. The third-order valence-corrected chi connectivity index (χ3v) is 6.74. The average molecular weight is 556 g/mol. The van der Waals surface area contributed by atoms with Crippen molar-refractivity contribution in [2.24, 2.45) is 4.99 Å². The molecule has 200 valence electrons. The van der Waals surface area contributed by atoms with Crippen molar-refractivity contribution in [1.82, 2.24) is 5.32 Å². The summed E-state index contributed by atoms with van der Waals surface area (Å²) in [5.41, 5.74) is -3.49. The molecule has 2 aromatic rings. The zero-order valence-electron chi connectivity index (χ0n) is 19.1. The minimum absolute atomic E-state index is 0.0627. The highest BCUT2D eigenvalue weighted by molar-refractivity contribution is 8.18. The summed E-state index contributed by atoms with van der Waals surface area (Å²) in [7, 11) is 0. The van der Waals surface area contributed by atoms with Gasteiger partial charge in [0.05, 0.1) is 16.0 Å². The number of aliphatic carboxylic acids is 1. The Kier molecular flexibility index (Phi) is 7.03. The second-order valence-electron chi connectivity index (χ2n) is 8.53. The van der Waals surface area contributed by atoms with Crippen molar-refractivity contribution in [2.75, 3.05) is 5.32 Å². The number of amidine groups is 1. The van der Waals surface area contributed by atoms with Crippen LogP contribution in [0.1, 0.15) is 40.7 Å². The average Bonchev–Trinajstić information content (AvgIpc) is 3.54. The van der Waals surface area contributed by atoms with Crippen molar-refractivity contribution in [3.05, 3.63) is 69.1 Å². The molecule has 7 nitrogen and oxygen atoms in total. The monoisotopic (exact) mass is 556 g/mol. The van der Waals surface area contributed by atoms with E-state index in [2.05, 4.69) is 15.6 Å². The predicted octanol–water partition coefficient (Wildman–Crippen LogP) is 5.51. The number of carbonyl (C=O) groups excluding carboxylic acids is 1. The quantitative estimate of drug-likeness (QED) is 0.204. The molecule has 1 aliphatic carbocycles. The highest BCUT2D eigenvalue weighted by atomic mass is 32.2. The number of alkyl halides is 6. The van der Waals surface area contributed by atoms with Gasteiger partial charge < -0.3 is 21.1 Å². The topological polar surface area (TPSA) is 115 Å². The molecule has 38 heavy (non-hydrogen) atoms. The summed E-state index contributed by atoms with van der Waals surface area (Å²) in [6.07, 6.45) is -6.79. The van der Waals surface area contributed by atoms with Gasteiger partial charge in [-0.2, -0.15) is 26.3 Å². The van der Waals surface area contributed by atoms with E-state index in [4.69, 9.17) is 5.41 Å². The van der Waals surface area contributed by atoms with Gasteiger partial charge in [0, 0.05) is 24.0 Å². The summed E-state index contributed by atoms with van der Waals surface area (Å²) in [5, 5.41) is 22.3. The summed E-state index contributed by atoms with van der Waals surface area (Å²) >= 11 is 0.958. The maximum atomic E-state index is 13.4. The van der Waals surface area contributed by atoms with E-state index in [1.54, 1.807) is 0 Å². The first-order valence-corrected chi connectivity index (χ1v) is 11.7. The lowest BCUT2D eigenvalue weighted by atomic mass is 10.0. The van der Waals surface area contributed by atoms with E-state index in [-0.39, 0.29) is 27.4 Å². The number of carboxylic acids is 1. The Morgan fingerprint density at radius 2 is 1.84 bits per heavy atom. The first kappa shape index (κ1) is 27.2. The van der Waals surface area contributed by atoms with Gasteiger partial charge in [0.25, 0.3) is 5.91 Å². The van der Waals surface area contributed by atoms with Gasteiger partial charge in [0.15, 0.2) is 10.7 Å². The molecule has 1 saturated carbocycles. The minimum atomic E-state index is -5.01. The van der Waals surface area contributed by atoms with Crippen LogP contribution in [0, 0.1) is 5.41 Å². The fraction of sp³-hybridized carbons (Fsp3) is 0.250. The molecule has 1 saturated heterocycles. The number of benzene rings is 2. The van der Waals surface area contributed by atoms with Crippen LogP contribution in [0.3, 0.4) is 0 Å². The summed E-state index contributed by atoms with van der Waals surface area (Å²) in [4.78, 5) is 28.0. The third kappa shape index (κ3) is 5.85. The second-order valence-corrected chi connectivity index (χ2v) is 9.56. The van der Waals surface area contributed by atoms with E-state index < -0.39 is 53.0 Å². The van der Waals surface area contributed by atoms with Gasteiger partial charge in [-0.3, -0.25) is 4.79 Å². The molecule has 14 heteroatoms. The van der Waals surface area contributed by atoms with Crippen LogP contribution in [-0.2, 0) is 28.5 Å². The Labute approximate surface area is 215 Å². The molecular weight excluding hydrogens is 538 g/mol. The van der Waals surface area contributed by atoms with E-state index in [1.165, 1.54) is 24.3 Å². The Morgan fingerprint density at radius 1 is 1.13 bits per heavy atom. The highest BCUT2D eigenvalue weighted by Crippen LogP contribution is 2.42. The standard InChI is InChI=1S/C24H18F6N4O3S/c25-23(26,27)15-3-2-13(16(9-15)24(28,29)30)11-32-17-4-1-12(7-14(17)10-31)8-18-19(35)33-21(38-18)34-22(5-6-22)20(36)37/h1-4,7-10,31-32H,5-6,11H2,(H,36,37)(H,33,34,35)/b18-8-,31-10?. The molecule has 0 radical (unpaired) electrons. The normalized spacial score (nSPS) is 18.9. The number of nitrogens with zero attached hydrogens (tertiary/aromatic N) is 1. The van der Waals surface area contributed by atoms with Gasteiger partial charge in [0.2, 0.25) is 0 Å². The summed E-state index contributed by atoms with van der Waals surface area (Å²) < 4.78 is 79.0. The molecule has 0 bridgehead atoms. The zero-order valence-corrected chi connectivity index (χ0v) is 19.9. The predicted molar refractivity (Wildman–Crippen MR) is 129 cm³/mol. The zero-order chi connectivity index (χ0) is 27.9. The Bertz CT molecular complexity index is 1380. The molecule has 1 aliphatic heterocycles. The molecule has 0 unspecified atom stereocenters. The molecule has 0 spiro atoms. The lowest BCUT2D eigenvalue weighted by Gasteiger charge is -2.17. The number of rotatable bonds is 7. The number of carbonyl (C=O) groups is 2. The number of carboxylic acid groups (broad SMARTS) is 1. The Balaban J connectivity index is 1.53. The van der Waals surface area contributed by atoms with Gasteiger partial charge in [-0.25, -0.2) is 9.79 Å². The lowest BCUT2D eigenvalue weighted by molar-refractivity contribution is -0.143. The van der Waals surface area contributed by atoms with Gasteiger partial charge in [-0.15, -0.1) is 0 Å². The van der Waals surface area contributed by atoms with Gasteiger partial charge in [-0.05, 0) is 66.1 Å². The first-order chi connectivity index (χ1) is 17.7. The molecule has 2 aromatic carbocycles. The molecule has 0 aromatic heterocycles. The van der Waals surface area contributed by atoms with Crippen LogP contribution in [0.15, 0.2) is 46.3 Å². The van der Waals surface area contributed by atoms with Crippen LogP contribution in [0.2, 0.25) is 0 Å². The van der Waals surface area contributed by atoms with Crippen molar-refractivity contribution in [2.45, 2.75) is 37.3 Å². The van der Waals surface area contributed by atoms with Gasteiger partial charge in [0.1, 0.15) is 0 Å². The van der Waals surface area contributed by atoms with Crippen LogP contribution in [0.4, 0.5) is 32.0 Å². The Hall–Kier alpha value is -3.81. The van der Waals surface area contributed by atoms with E-state index >= 15 is 0 Å². The van der Waals surface area contributed by atoms with E-state index in [9.17, 15) is 41.0 Å². The number of nitrogens with one attached hydrogen (secondary N) is 3. The number of anilines is 1. The molecule has 1 heterocycles. The first-order valence-electron chi connectivity index (χ1n) is 10.9. The fourth-order valence-corrected chi connectivity index (χ4v) is 4.54. The number of amides is 1. The molecule has 0 atom stereocenters. The van der Waals surface area contributed by atoms with Crippen LogP contribution >= 0.6 is 11.8 Å². The SMILES string of the molecule is N=Cc1cc(/C=C2\SC(=NC3(C(=O)O)CC3)NC2=O)ccc1NCc1ccc(C(F)(F)F)cc1C(F)(F)F. The Morgan fingerprint density at radius 3 is 2.42 bits per heavy atom. The van der Waals surface area contributed by atoms with Crippen molar-refractivity contribution >= 4 is 46.8 Å². The molecule has 4 rings (SSSR count). The number of halogens is 6. The maximum absolute atomic E-state index is 13.4. The van der Waals surface area contributed by atoms with Crippen LogP contribution < -0.4 is 10.6 Å².